The minimum Gasteiger partial charge on any atom is -0.493 e. The van der Waals surface area contributed by atoms with Crippen LogP contribution in [0.3, 0.4) is 0 Å². The maximum atomic E-state index is 6.06. The standard InChI is InChI=1S/C22H20N4O2S/c1-15-24-25-22(29)26(15)23-13-16-10-11-20(21(12-16)27-2)28-14-18-8-5-7-17-6-3-4-9-19(17)18/h3-13H,14H2,1-2H3,(H,25,29)/b23-13-. The Labute approximate surface area is 173 Å². The molecule has 29 heavy (non-hydrogen) atoms. The molecule has 0 saturated carbocycles. The van der Waals surface area contributed by atoms with E-state index < -0.39 is 0 Å². The van der Waals surface area contributed by atoms with Crippen LogP contribution in [0.15, 0.2) is 65.8 Å². The quantitative estimate of drug-likeness (QED) is 0.368. The van der Waals surface area contributed by atoms with E-state index >= 15 is 0 Å². The molecule has 0 aliphatic rings. The Balaban J connectivity index is 1.55. The molecule has 0 saturated heterocycles. The third-order valence-corrected chi connectivity index (χ3v) is 4.85. The van der Waals surface area contributed by atoms with E-state index in [1.54, 1.807) is 18.0 Å². The monoisotopic (exact) mass is 404 g/mol. The molecule has 1 N–H and O–H groups in total. The topological polar surface area (TPSA) is 64.4 Å². The van der Waals surface area contributed by atoms with Gasteiger partial charge in [0.1, 0.15) is 12.4 Å². The lowest BCUT2D eigenvalue weighted by Gasteiger charge is -2.12. The smallest absolute Gasteiger partial charge is 0.216 e. The maximum Gasteiger partial charge on any atom is 0.216 e. The lowest BCUT2D eigenvalue weighted by atomic mass is 10.1. The molecule has 146 valence electrons. The van der Waals surface area contributed by atoms with Crippen molar-refractivity contribution in [3.8, 4) is 11.5 Å². The van der Waals surface area contributed by atoms with Gasteiger partial charge < -0.3 is 9.47 Å². The molecule has 4 rings (SSSR count). The summed E-state index contributed by atoms with van der Waals surface area (Å²) in [7, 11) is 1.62. The Morgan fingerprint density at radius 2 is 1.93 bits per heavy atom. The van der Waals surface area contributed by atoms with Gasteiger partial charge in [-0.25, -0.2) is 0 Å². The summed E-state index contributed by atoms with van der Waals surface area (Å²) in [5.41, 5.74) is 1.99. The van der Waals surface area contributed by atoms with Crippen molar-refractivity contribution in [1.82, 2.24) is 14.9 Å². The molecule has 0 fully saturated rings. The van der Waals surface area contributed by atoms with Crippen molar-refractivity contribution < 1.29 is 9.47 Å². The average Bonchev–Trinajstić information content (AvgIpc) is 3.08. The van der Waals surface area contributed by atoms with Crippen molar-refractivity contribution in [2.45, 2.75) is 13.5 Å². The number of rotatable bonds is 6. The molecule has 1 heterocycles. The van der Waals surface area contributed by atoms with Crippen LogP contribution in [0.2, 0.25) is 0 Å². The van der Waals surface area contributed by atoms with Crippen molar-refractivity contribution in [3.63, 3.8) is 0 Å². The van der Waals surface area contributed by atoms with Gasteiger partial charge in [0.2, 0.25) is 4.77 Å². The van der Waals surface area contributed by atoms with E-state index in [1.165, 1.54) is 10.8 Å². The summed E-state index contributed by atoms with van der Waals surface area (Å²) < 4.78 is 13.6. The third-order valence-electron chi connectivity index (χ3n) is 4.59. The summed E-state index contributed by atoms with van der Waals surface area (Å²) >= 11 is 5.16. The second-order valence-corrected chi connectivity index (χ2v) is 6.86. The number of fused-ring (bicyclic) bond motifs is 1. The third kappa shape index (κ3) is 4.05. The molecular formula is C22H20N4O2S. The normalized spacial score (nSPS) is 11.2. The predicted molar refractivity (Wildman–Crippen MR) is 116 cm³/mol. The number of aromatic nitrogens is 3. The van der Waals surface area contributed by atoms with Crippen molar-refractivity contribution >= 4 is 29.2 Å². The van der Waals surface area contributed by atoms with E-state index in [0.29, 0.717) is 28.7 Å². The first-order valence-corrected chi connectivity index (χ1v) is 9.52. The van der Waals surface area contributed by atoms with Gasteiger partial charge in [0, 0.05) is 0 Å². The number of aromatic amines is 1. The molecular weight excluding hydrogens is 384 g/mol. The first-order chi connectivity index (χ1) is 14.2. The van der Waals surface area contributed by atoms with Crippen molar-refractivity contribution in [2.24, 2.45) is 5.10 Å². The summed E-state index contributed by atoms with van der Waals surface area (Å²) in [5.74, 6) is 2.00. The molecule has 3 aromatic carbocycles. The first kappa shape index (κ1) is 18.9. The highest BCUT2D eigenvalue weighted by atomic mass is 32.1. The molecule has 0 atom stereocenters. The number of aryl methyl sites for hydroxylation is 1. The van der Waals surface area contributed by atoms with Gasteiger partial charge in [-0.1, -0.05) is 42.5 Å². The van der Waals surface area contributed by atoms with Crippen LogP contribution in [0.4, 0.5) is 0 Å². The van der Waals surface area contributed by atoms with Gasteiger partial charge >= 0.3 is 0 Å². The fraction of sp³-hybridized carbons (Fsp3) is 0.136. The van der Waals surface area contributed by atoms with Gasteiger partial charge in [-0.15, -0.1) is 0 Å². The number of ether oxygens (including phenoxy) is 2. The van der Waals surface area contributed by atoms with Gasteiger partial charge in [-0.05, 0) is 59.2 Å². The maximum absolute atomic E-state index is 6.06. The summed E-state index contributed by atoms with van der Waals surface area (Å²) in [6.07, 6.45) is 1.70. The summed E-state index contributed by atoms with van der Waals surface area (Å²) in [4.78, 5) is 0. The SMILES string of the molecule is COc1cc(/C=N\n2c(C)n[nH]c2=S)ccc1OCc1cccc2ccccc12. The molecule has 6 nitrogen and oxygen atoms in total. The van der Waals surface area contributed by atoms with E-state index in [-0.39, 0.29) is 0 Å². The number of hydrogen-bond acceptors (Lipinski definition) is 5. The molecule has 1 aromatic heterocycles. The summed E-state index contributed by atoms with van der Waals surface area (Å²) in [5, 5.41) is 13.5. The number of benzene rings is 3. The lowest BCUT2D eigenvalue weighted by molar-refractivity contribution is 0.285. The molecule has 0 radical (unpaired) electrons. The molecule has 7 heteroatoms. The van der Waals surface area contributed by atoms with Crippen molar-refractivity contribution in [3.05, 3.63) is 82.4 Å². The van der Waals surface area contributed by atoms with E-state index in [9.17, 15) is 0 Å². The second kappa shape index (κ2) is 8.28. The summed E-state index contributed by atoms with van der Waals surface area (Å²) in [6.45, 7) is 2.28. The Hall–Kier alpha value is -3.45. The fourth-order valence-electron chi connectivity index (χ4n) is 3.09. The number of nitrogens with one attached hydrogen (secondary N) is 1. The Morgan fingerprint density at radius 3 is 2.72 bits per heavy atom. The van der Waals surface area contributed by atoms with Crippen molar-refractivity contribution in [1.29, 1.82) is 0 Å². The Kier molecular flexibility index (Phi) is 5.39. The highest BCUT2D eigenvalue weighted by Crippen LogP contribution is 2.29. The highest BCUT2D eigenvalue weighted by molar-refractivity contribution is 7.71. The van der Waals surface area contributed by atoms with Gasteiger partial charge in [0.05, 0.1) is 13.3 Å². The molecule has 0 amide bonds. The second-order valence-electron chi connectivity index (χ2n) is 6.47. The minimum absolute atomic E-state index is 0.445. The largest absolute Gasteiger partial charge is 0.493 e. The molecule has 0 bridgehead atoms. The van der Waals surface area contributed by atoms with Crippen LogP contribution in [0.5, 0.6) is 11.5 Å². The Morgan fingerprint density at radius 1 is 1.10 bits per heavy atom. The van der Waals surface area contributed by atoms with E-state index in [1.807, 2.05) is 43.3 Å². The van der Waals surface area contributed by atoms with E-state index in [4.69, 9.17) is 21.7 Å². The van der Waals surface area contributed by atoms with Gasteiger partial charge in [-0.2, -0.15) is 14.9 Å². The van der Waals surface area contributed by atoms with Crippen LogP contribution in [-0.4, -0.2) is 28.2 Å². The Bertz CT molecular complexity index is 1240. The zero-order chi connectivity index (χ0) is 20.2. The van der Waals surface area contributed by atoms with Gasteiger partial charge in [-0.3, -0.25) is 5.10 Å². The number of hydrogen-bond donors (Lipinski definition) is 1. The summed E-state index contributed by atoms with van der Waals surface area (Å²) in [6, 6.07) is 20.2. The average molecular weight is 404 g/mol. The zero-order valence-electron chi connectivity index (χ0n) is 16.1. The van der Waals surface area contributed by atoms with Crippen LogP contribution in [0, 0.1) is 11.7 Å². The number of methoxy groups -OCH3 is 1. The van der Waals surface area contributed by atoms with Crippen LogP contribution in [0.25, 0.3) is 10.8 Å². The zero-order valence-corrected chi connectivity index (χ0v) is 16.9. The highest BCUT2D eigenvalue weighted by Gasteiger charge is 2.08. The van der Waals surface area contributed by atoms with E-state index in [2.05, 4.69) is 39.6 Å². The van der Waals surface area contributed by atoms with Crippen LogP contribution < -0.4 is 9.47 Å². The first-order valence-electron chi connectivity index (χ1n) is 9.11. The van der Waals surface area contributed by atoms with Crippen LogP contribution in [0.1, 0.15) is 17.0 Å². The predicted octanol–water partition coefficient (Wildman–Crippen LogP) is 4.87. The molecule has 4 aromatic rings. The van der Waals surface area contributed by atoms with Gasteiger partial charge in [0.25, 0.3) is 0 Å². The number of H-pyrrole nitrogens is 1. The molecule has 0 unspecified atom stereocenters. The molecule has 0 aliphatic carbocycles. The molecule has 0 spiro atoms. The minimum atomic E-state index is 0.445. The van der Waals surface area contributed by atoms with E-state index in [0.717, 1.165) is 11.1 Å². The lowest BCUT2D eigenvalue weighted by Crippen LogP contribution is -1.99. The van der Waals surface area contributed by atoms with Crippen LogP contribution >= 0.6 is 12.2 Å². The number of nitrogens with zero attached hydrogens (tertiary/aromatic N) is 3. The fourth-order valence-corrected chi connectivity index (χ4v) is 3.31. The van der Waals surface area contributed by atoms with Gasteiger partial charge in [0.15, 0.2) is 11.5 Å². The molecule has 0 aliphatic heterocycles. The van der Waals surface area contributed by atoms with Crippen molar-refractivity contribution in [2.75, 3.05) is 7.11 Å². The van der Waals surface area contributed by atoms with Crippen LogP contribution in [-0.2, 0) is 6.61 Å².